The maximum Gasteiger partial charge on any atom is 0.240 e. The van der Waals surface area contributed by atoms with Gasteiger partial charge in [-0.15, -0.1) is 0 Å². The smallest absolute Gasteiger partial charge is 0.240 e. The Balaban J connectivity index is 1.86. The summed E-state index contributed by atoms with van der Waals surface area (Å²) in [6.07, 6.45) is 2.15. The van der Waals surface area contributed by atoms with Crippen molar-refractivity contribution in [3.63, 3.8) is 0 Å². The number of hydrogen-bond acceptors (Lipinski definition) is 4. The minimum atomic E-state index is -3.59. The van der Waals surface area contributed by atoms with Crippen LogP contribution in [0.4, 0.5) is 0 Å². The Labute approximate surface area is 157 Å². The average molecular weight is 382 g/mol. The number of carbonyl (C=O) groups is 1. The molecule has 0 aliphatic carbocycles. The Morgan fingerprint density at radius 1 is 1.27 bits per heavy atom. The van der Waals surface area contributed by atoms with Gasteiger partial charge in [0.2, 0.25) is 15.9 Å². The predicted octanol–water partition coefficient (Wildman–Crippen LogP) is 2.06. The average Bonchev–Trinajstić information content (AvgIpc) is 2.61. The topological polar surface area (TPSA) is 92.5 Å². The fourth-order valence-corrected chi connectivity index (χ4v) is 4.26. The Kier molecular flexibility index (Phi) is 7.20. The lowest BCUT2D eigenvalue weighted by molar-refractivity contribution is -0.132. The molecule has 0 bridgehead atoms. The van der Waals surface area contributed by atoms with Gasteiger partial charge in [-0.1, -0.05) is 26.0 Å². The second kappa shape index (κ2) is 8.97. The third-order valence-corrected chi connectivity index (χ3v) is 6.52. The lowest BCUT2D eigenvalue weighted by Gasteiger charge is -2.34. The van der Waals surface area contributed by atoms with Crippen LogP contribution < -0.4 is 10.5 Å². The monoisotopic (exact) mass is 381 g/mol. The molecule has 1 amide bonds. The summed E-state index contributed by atoms with van der Waals surface area (Å²) in [6, 6.07) is 6.94. The number of nitrogens with one attached hydrogen (secondary N) is 1. The Morgan fingerprint density at radius 2 is 1.92 bits per heavy atom. The minimum absolute atomic E-state index is 0.0202. The molecule has 146 valence electrons. The highest BCUT2D eigenvalue weighted by Gasteiger charge is 2.25. The number of nitrogens with two attached hydrogens (primary N) is 1. The van der Waals surface area contributed by atoms with E-state index in [-0.39, 0.29) is 29.8 Å². The fourth-order valence-electron chi connectivity index (χ4n) is 3.23. The predicted molar refractivity (Wildman–Crippen MR) is 103 cm³/mol. The van der Waals surface area contributed by atoms with Crippen molar-refractivity contribution in [3.05, 3.63) is 29.8 Å². The van der Waals surface area contributed by atoms with E-state index >= 15 is 0 Å². The van der Waals surface area contributed by atoms with Crippen LogP contribution in [0.15, 0.2) is 29.2 Å². The van der Waals surface area contributed by atoms with Crippen LogP contribution in [0.2, 0.25) is 0 Å². The molecule has 1 aliphatic rings. The van der Waals surface area contributed by atoms with E-state index in [1.165, 1.54) is 0 Å². The van der Waals surface area contributed by atoms with Crippen LogP contribution in [0, 0.1) is 5.92 Å². The summed E-state index contributed by atoms with van der Waals surface area (Å²) in [5.41, 5.74) is 7.04. The van der Waals surface area contributed by atoms with Gasteiger partial charge < -0.3 is 10.6 Å². The third-order valence-electron chi connectivity index (χ3n) is 5.04. The lowest BCUT2D eigenvalue weighted by Crippen LogP contribution is -2.45. The van der Waals surface area contributed by atoms with E-state index < -0.39 is 10.0 Å². The second-order valence-electron chi connectivity index (χ2n) is 7.47. The van der Waals surface area contributed by atoms with E-state index in [4.69, 9.17) is 5.73 Å². The summed E-state index contributed by atoms with van der Waals surface area (Å²) < 4.78 is 27.2. The molecular formula is C19H31N3O3S. The fraction of sp³-hybridized carbons (Fsp3) is 0.632. The standard InChI is InChI=1S/C19H31N3O3S/c1-14(2)16-6-8-18(9-7-16)26(24,25)21-11-10-19(23)22-12-4-5-17(13-22)15(3)20/h6-9,14-15,17,21H,4-5,10-13,20H2,1-3H3/t15-,17-/m0/s1. The zero-order valence-corrected chi connectivity index (χ0v) is 16.8. The molecule has 3 N–H and O–H groups in total. The molecule has 1 aromatic rings. The number of sulfonamides is 1. The van der Waals surface area contributed by atoms with Gasteiger partial charge in [0, 0.05) is 32.1 Å². The van der Waals surface area contributed by atoms with Gasteiger partial charge in [-0.25, -0.2) is 13.1 Å². The largest absolute Gasteiger partial charge is 0.342 e. The zero-order chi connectivity index (χ0) is 19.3. The quantitative estimate of drug-likeness (QED) is 0.756. The van der Waals surface area contributed by atoms with Crippen LogP contribution >= 0.6 is 0 Å². The molecule has 7 heteroatoms. The van der Waals surface area contributed by atoms with Crippen LogP contribution in [0.5, 0.6) is 0 Å². The van der Waals surface area contributed by atoms with Crippen molar-refractivity contribution >= 4 is 15.9 Å². The molecule has 2 rings (SSSR count). The Morgan fingerprint density at radius 3 is 2.50 bits per heavy atom. The molecule has 0 spiro atoms. The van der Waals surface area contributed by atoms with Crippen molar-refractivity contribution in [1.82, 2.24) is 9.62 Å². The Hall–Kier alpha value is -1.44. The first-order valence-electron chi connectivity index (χ1n) is 9.33. The number of benzene rings is 1. The molecule has 1 fully saturated rings. The summed E-state index contributed by atoms with van der Waals surface area (Å²) >= 11 is 0. The number of piperidine rings is 1. The molecule has 2 atom stereocenters. The highest BCUT2D eigenvalue weighted by molar-refractivity contribution is 7.89. The van der Waals surface area contributed by atoms with Crippen LogP contribution in [-0.2, 0) is 14.8 Å². The van der Waals surface area contributed by atoms with Crippen LogP contribution in [-0.4, -0.2) is 44.9 Å². The number of hydrogen-bond donors (Lipinski definition) is 2. The van der Waals surface area contributed by atoms with Crippen molar-refractivity contribution in [2.45, 2.75) is 56.9 Å². The van der Waals surface area contributed by atoms with E-state index in [1.54, 1.807) is 12.1 Å². The number of likely N-dealkylation sites (tertiary alicyclic amines) is 1. The summed E-state index contributed by atoms with van der Waals surface area (Å²) in [6.45, 7) is 7.59. The number of carbonyl (C=O) groups excluding carboxylic acids is 1. The van der Waals surface area contributed by atoms with E-state index in [0.29, 0.717) is 18.4 Å². The van der Waals surface area contributed by atoms with Crippen LogP contribution in [0.25, 0.3) is 0 Å². The Bertz CT molecular complexity index is 699. The van der Waals surface area contributed by atoms with Crippen LogP contribution in [0.3, 0.4) is 0 Å². The minimum Gasteiger partial charge on any atom is -0.342 e. The zero-order valence-electron chi connectivity index (χ0n) is 15.9. The SMILES string of the molecule is CC(C)c1ccc(S(=O)(=O)NCCC(=O)N2CCC[C@H]([C@H](C)N)C2)cc1. The second-order valence-corrected chi connectivity index (χ2v) is 9.24. The first kappa shape index (κ1) is 20.9. The lowest BCUT2D eigenvalue weighted by atomic mass is 9.92. The summed E-state index contributed by atoms with van der Waals surface area (Å²) in [5, 5.41) is 0. The van der Waals surface area contributed by atoms with Crippen molar-refractivity contribution in [2.75, 3.05) is 19.6 Å². The van der Waals surface area contributed by atoms with E-state index in [1.807, 2.05) is 24.0 Å². The third kappa shape index (κ3) is 5.53. The summed E-state index contributed by atoms with van der Waals surface area (Å²) in [7, 11) is -3.59. The van der Waals surface area contributed by atoms with Gasteiger partial charge in [0.25, 0.3) is 0 Å². The molecule has 1 saturated heterocycles. The van der Waals surface area contributed by atoms with Gasteiger partial charge in [0.05, 0.1) is 4.90 Å². The first-order chi connectivity index (χ1) is 12.2. The van der Waals surface area contributed by atoms with E-state index in [9.17, 15) is 13.2 Å². The van der Waals surface area contributed by atoms with E-state index in [2.05, 4.69) is 18.6 Å². The van der Waals surface area contributed by atoms with Gasteiger partial charge in [-0.2, -0.15) is 0 Å². The molecule has 1 heterocycles. The van der Waals surface area contributed by atoms with E-state index in [0.717, 1.165) is 24.9 Å². The van der Waals surface area contributed by atoms with Crippen molar-refractivity contribution in [1.29, 1.82) is 0 Å². The first-order valence-corrected chi connectivity index (χ1v) is 10.8. The molecule has 0 saturated carbocycles. The highest BCUT2D eigenvalue weighted by Crippen LogP contribution is 2.20. The molecule has 6 nitrogen and oxygen atoms in total. The molecule has 1 aliphatic heterocycles. The maximum atomic E-state index is 12.4. The number of nitrogens with zero attached hydrogens (tertiary/aromatic N) is 1. The van der Waals surface area contributed by atoms with Crippen molar-refractivity contribution in [2.24, 2.45) is 11.7 Å². The molecular weight excluding hydrogens is 350 g/mol. The van der Waals surface area contributed by atoms with Crippen molar-refractivity contribution < 1.29 is 13.2 Å². The van der Waals surface area contributed by atoms with Gasteiger partial charge in [-0.3, -0.25) is 4.79 Å². The van der Waals surface area contributed by atoms with Crippen molar-refractivity contribution in [3.8, 4) is 0 Å². The summed E-state index contributed by atoms with van der Waals surface area (Å²) in [4.78, 5) is 14.4. The normalized spacial score (nSPS) is 19.6. The molecule has 0 aromatic heterocycles. The highest BCUT2D eigenvalue weighted by atomic mass is 32.2. The number of amides is 1. The van der Waals surface area contributed by atoms with Gasteiger partial charge in [0.1, 0.15) is 0 Å². The molecule has 0 unspecified atom stereocenters. The van der Waals surface area contributed by atoms with Gasteiger partial charge >= 0.3 is 0 Å². The molecule has 26 heavy (non-hydrogen) atoms. The van der Waals surface area contributed by atoms with Gasteiger partial charge in [0.15, 0.2) is 0 Å². The molecule has 0 radical (unpaired) electrons. The van der Waals surface area contributed by atoms with Crippen LogP contribution in [0.1, 0.15) is 51.5 Å². The number of rotatable bonds is 7. The molecule has 1 aromatic carbocycles. The summed E-state index contributed by atoms with van der Waals surface area (Å²) in [5.74, 6) is 0.652. The van der Waals surface area contributed by atoms with Gasteiger partial charge in [-0.05, 0) is 49.3 Å². The maximum absolute atomic E-state index is 12.4.